The van der Waals surface area contributed by atoms with Crippen molar-refractivity contribution in [2.75, 3.05) is 5.73 Å². The van der Waals surface area contributed by atoms with E-state index in [1.165, 1.54) is 50.5 Å². The van der Waals surface area contributed by atoms with Gasteiger partial charge in [0, 0.05) is 24.3 Å². The number of benzene rings is 1. The summed E-state index contributed by atoms with van der Waals surface area (Å²) < 4.78 is 0. The van der Waals surface area contributed by atoms with Gasteiger partial charge in [-0.3, -0.25) is 4.90 Å². The van der Waals surface area contributed by atoms with Gasteiger partial charge in [-0.1, -0.05) is 31.4 Å². The van der Waals surface area contributed by atoms with Crippen molar-refractivity contribution in [2.45, 2.75) is 63.6 Å². The summed E-state index contributed by atoms with van der Waals surface area (Å²) in [5, 5.41) is 0. The van der Waals surface area contributed by atoms with E-state index in [2.05, 4.69) is 23.1 Å². The molecule has 0 unspecified atom stereocenters. The minimum absolute atomic E-state index is 0.827. The topological polar surface area (TPSA) is 29.3 Å². The Kier molecular flexibility index (Phi) is 3.55. The van der Waals surface area contributed by atoms with Gasteiger partial charge in [-0.05, 0) is 43.4 Å². The van der Waals surface area contributed by atoms with Gasteiger partial charge in [-0.15, -0.1) is 0 Å². The minimum Gasteiger partial charge on any atom is -0.399 e. The maximum atomic E-state index is 5.89. The summed E-state index contributed by atoms with van der Waals surface area (Å²) in [4.78, 5) is 2.76. The summed E-state index contributed by atoms with van der Waals surface area (Å²) in [6, 6.07) is 10.1. The fraction of sp³-hybridized carbons (Fsp3) is 0.625. The molecule has 3 rings (SSSR count). The molecular formula is C16H24N2. The van der Waals surface area contributed by atoms with E-state index in [0.717, 1.165) is 24.3 Å². The van der Waals surface area contributed by atoms with Crippen molar-refractivity contribution in [1.82, 2.24) is 4.90 Å². The Morgan fingerprint density at radius 1 is 1.00 bits per heavy atom. The predicted octanol–water partition coefficient (Wildman–Crippen LogP) is 3.57. The lowest BCUT2D eigenvalue weighted by molar-refractivity contribution is 0.139. The third-order valence-corrected chi connectivity index (χ3v) is 4.38. The molecule has 0 heterocycles. The van der Waals surface area contributed by atoms with Gasteiger partial charge in [0.2, 0.25) is 0 Å². The Morgan fingerprint density at radius 2 is 1.72 bits per heavy atom. The molecule has 0 bridgehead atoms. The van der Waals surface area contributed by atoms with E-state index in [4.69, 9.17) is 5.73 Å². The number of rotatable bonds is 4. The Labute approximate surface area is 110 Å². The molecule has 2 fully saturated rings. The lowest BCUT2D eigenvalue weighted by Gasteiger charge is -2.34. The monoisotopic (exact) mass is 244 g/mol. The summed E-state index contributed by atoms with van der Waals surface area (Å²) in [6.45, 7) is 1.10. The highest BCUT2D eigenvalue weighted by atomic mass is 15.2. The van der Waals surface area contributed by atoms with Crippen LogP contribution in [-0.2, 0) is 6.54 Å². The molecular weight excluding hydrogens is 220 g/mol. The van der Waals surface area contributed by atoms with Gasteiger partial charge in [-0.2, -0.15) is 0 Å². The second kappa shape index (κ2) is 5.31. The molecule has 2 heteroatoms. The number of nitrogen functional groups attached to an aromatic ring is 1. The Hall–Kier alpha value is -1.02. The molecule has 2 aliphatic rings. The zero-order valence-electron chi connectivity index (χ0n) is 11.1. The van der Waals surface area contributed by atoms with Gasteiger partial charge in [0.15, 0.2) is 0 Å². The first-order valence-electron chi connectivity index (χ1n) is 7.43. The van der Waals surface area contributed by atoms with E-state index in [9.17, 15) is 0 Å². The van der Waals surface area contributed by atoms with Gasteiger partial charge in [-0.25, -0.2) is 0 Å². The number of anilines is 1. The van der Waals surface area contributed by atoms with E-state index in [0.29, 0.717) is 0 Å². The van der Waals surface area contributed by atoms with Crippen LogP contribution in [0.15, 0.2) is 24.3 Å². The second-order valence-electron chi connectivity index (χ2n) is 5.94. The number of nitrogens with zero attached hydrogens (tertiary/aromatic N) is 1. The normalized spacial score (nSPS) is 21.4. The van der Waals surface area contributed by atoms with E-state index in [1.807, 2.05) is 6.07 Å². The first-order valence-corrected chi connectivity index (χ1v) is 7.43. The van der Waals surface area contributed by atoms with Crippen LogP contribution < -0.4 is 5.73 Å². The highest BCUT2D eigenvalue weighted by Crippen LogP contribution is 2.35. The van der Waals surface area contributed by atoms with Crippen molar-refractivity contribution < 1.29 is 0 Å². The van der Waals surface area contributed by atoms with Crippen LogP contribution in [0.25, 0.3) is 0 Å². The summed E-state index contributed by atoms with van der Waals surface area (Å²) in [5.74, 6) is 0. The largest absolute Gasteiger partial charge is 0.399 e. The van der Waals surface area contributed by atoms with Crippen molar-refractivity contribution in [3.63, 3.8) is 0 Å². The average Bonchev–Trinajstić information content (AvgIpc) is 3.21. The van der Waals surface area contributed by atoms with Crippen LogP contribution in [0.4, 0.5) is 5.69 Å². The molecule has 2 nitrogen and oxygen atoms in total. The summed E-state index contributed by atoms with van der Waals surface area (Å²) >= 11 is 0. The molecule has 0 aromatic heterocycles. The van der Waals surface area contributed by atoms with Crippen molar-refractivity contribution in [1.29, 1.82) is 0 Å². The van der Waals surface area contributed by atoms with Gasteiger partial charge in [0.05, 0.1) is 0 Å². The average molecular weight is 244 g/mol. The fourth-order valence-corrected chi connectivity index (χ4v) is 3.28. The molecule has 1 aromatic carbocycles. The third-order valence-electron chi connectivity index (χ3n) is 4.38. The lowest BCUT2D eigenvalue weighted by Crippen LogP contribution is -2.37. The first kappa shape index (κ1) is 12.0. The predicted molar refractivity (Wildman–Crippen MR) is 76.3 cm³/mol. The van der Waals surface area contributed by atoms with Crippen LogP contribution in [0.1, 0.15) is 50.5 Å². The summed E-state index contributed by atoms with van der Waals surface area (Å²) in [6.07, 6.45) is 9.89. The molecule has 0 amide bonds. The number of hydrogen-bond acceptors (Lipinski definition) is 2. The van der Waals surface area contributed by atoms with Crippen LogP contribution in [-0.4, -0.2) is 17.0 Å². The Bertz CT molecular complexity index is 392. The van der Waals surface area contributed by atoms with Crippen molar-refractivity contribution in [2.24, 2.45) is 0 Å². The smallest absolute Gasteiger partial charge is 0.0317 e. The van der Waals surface area contributed by atoms with Crippen LogP contribution in [0.2, 0.25) is 0 Å². The quantitative estimate of drug-likeness (QED) is 0.820. The van der Waals surface area contributed by atoms with Gasteiger partial charge < -0.3 is 5.73 Å². The summed E-state index contributed by atoms with van der Waals surface area (Å²) in [5.41, 5.74) is 8.16. The molecule has 18 heavy (non-hydrogen) atoms. The maximum Gasteiger partial charge on any atom is 0.0317 e. The van der Waals surface area contributed by atoms with Gasteiger partial charge in [0.1, 0.15) is 0 Å². The van der Waals surface area contributed by atoms with Crippen LogP contribution >= 0.6 is 0 Å². The van der Waals surface area contributed by atoms with E-state index < -0.39 is 0 Å². The lowest BCUT2D eigenvalue weighted by atomic mass is 9.93. The molecule has 0 radical (unpaired) electrons. The second-order valence-corrected chi connectivity index (χ2v) is 5.94. The Morgan fingerprint density at radius 3 is 2.39 bits per heavy atom. The fourth-order valence-electron chi connectivity index (χ4n) is 3.28. The van der Waals surface area contributed by atoms with Gasteiger partial charge >= 0.3 is 0 Å². The van der Waals surface area contributed by atoms with Gasteiger partial charge in [0.25, 0.3) is 0 Å². The number of nitrogens with two attached hydrogens (primary N) is 1. The molecule has 0 saturated heterocycles. The third kappa shape index (κ3) is 2.86. The molecule has 2 N–H and O–H groups in total. The molecule has 2 saturated carbocycles. The highest BCUT2D eigenvalue weighted by molar-refractivity contribution is 5.40. The van der Waals surface area contributed by atoms with Crippen LogP contribution in [0, 0.1) is 0 Å². The first-order chi connectivity index (χ1) is 8.83. The molecule has 1 aromatic rings. The maximum absolute atomic E-state index is 5.89. The molecule has 2 aliphatic carbocycles. The summed E-state index contributed by atoms with van der Waals surface area (Å²) in [7, 11) is 0. The zero-order valence-corrected chi connectivity index (χ0v) is 11.1. The van der Waals surface area contributed by atoms with Crippen molar-refractivity contribution >= 4 is 5.69 Å². The van der Waals surface area contributed by atoms with Crippen molar-refractivity contribution in [3.05, 3.63) is 29.8 Å². The Balaban J connectivity index is 1.69. The minimum atomic E-state index is 0.827. The van der Waals surface area contributed by atoms with Crippen molar-refractivity contribution in [3.8, 4) is 0 Å². The van der Waals surface area contributed by atoms with E-state index in [-0.39, 0.29) is 0 Å². The molecule has 0 spiro atoms. The van der Waals surface area contributed by atoms with E-state index >= 15 is 0 Å². The molecule has 0 atom stereocenters. The highest BCUT2D eigenvalue weighted by Gasteiger charge is 2.34. The molecule has 98 valence electrons. The number of hydrogen-bond donors (Lipinski definition) is 1. The van der Waals surface area contributed by atoms with Crippen LogP contribution in [0.5, 0.6) is 0 Å². The SMILES string of the molecule is Nc1cccc(CN(C2CCCCC2)C2CC2)c1. The van der Waals surface area contributed by atoms with E-state index in [1.54, 1.807) is 0 Å². The molecule has 0 aliphatic heterocycles. The standard InChI is InChI=1S/C16H24N2/c17-14-6-4-5-13(11-14)12-18(16-9-10-16)15-7-2-1-3-8-15/h4-6,11,15-16H,1-3,7-10,12,17H2. The zero-order chi connectivity index (χ0) is 12.4. The van der Waals surface area contributed by atoms with Crippen LogP contribution in [0.3, 0.4) is 0 Å².